The van der Waals surface area contributed by atoms with Crippen molar-refractivity contribution in [2.45, 2.75) is 25.8 Å². The highest BCUT2D eigenvalue weighted by Crippen LogP contribution is 2.33. The van der Waals surface area contributed by atoms with Gasteiger partial charge in [-0.3, -0.25) is 4.98 Å². The minimum Gasteiger partial charge on any atom is -0.348 e. The van der Waals surface area contributed by atoms with Gasteiger partial charge in [-0.25, -0.2) is 9.97 Å². The molecule has 1 saturated heterocycles. The number of nitrogens with zero attached hydrogens (tertiary/aromatic N) is 4. The summed E-state index contributed by atoms with van der Waals surface area (Å²) in [6.07, 6.45) is 6.01. The molecule has 1 unspecified atom stereocenters. The molecule has 0 N–H and O–H groups in total. The maximum atomic E-state index is 4.52. The first kappa shape index (κ1) is 11.1. The fourth-order valence-corrected chi connectivity index (χ4v) is 2.53. The molecule has 4 nitrogen and oxygen atoms in total. The largest absolute Gasteiger partial charge is 0.348 e. The van der Waals surface area contributed by atoms with Crippen LogP contribution < -0.4 is 4.90 Å². The van der Waals surface area contributed by atoms with E-state index in [-0.39, 0.29) is 0 Å². The van der Waals surface area contributed by atoms with E-state index in [1.54, 1.807) is 0 Å². The average Bonchev–Trinajstić information content (AvgIpc) is 2.89. The summed E-state index contributed by atoms with van der Waals surface area (Å²) >= 11 is 0. The topological polar surface area (TPSA) is 41.9 Å². The van der Waals surface area contributed by atoms with Crippen LogP contribution in [-0.4, -0.2) is 21.5 Å². The molecule has 1 aliphatic rings. The summed E-state index contributed by atoms with van der Waals surface area (Å²) in [7, 11) is 0. The van der Waals surface area contributed by atoms with Gasteiger partial charge in [0.2, 0.25) is 0 Å². The van der Waals surface area contributed by atoms with Crippen LogP contribution in [0, 0.1) is 6.92 Å². The van der Waals surface area contributed by atoms with E-state index >= 15 is 0 Å². The van der Waals surface area contributed by atoms with Crippen LogP contribution in [0.4, 0.5) is 5.82 Å². The van der Waals surface area contributed by atoms with Crippen molar-refractivity contribution in [2.24, 2.45) is 0 Å². The fraction of sp³-hybridized carbons (Fsp3) is 0.357. The van der Waals surface area contributed by atoms with Crippen molar-refractivity contribution in [3.05, 3.63) is 48.2 Å². The normalized spacial score (nSPS) is 19.2. The summed E-state index contributed by atoms with van der Waals surface area (Å²) in [5.41, 5.74) is 1.13. The van der Waals surface area contributed by atoms with E-state index in [1.165, 1.54) is 6.42 Å². The van der Waals surface area contributed by atoms with Gasteiger partial charge in [0.1, 0.15) is 11.6 Å². The van der Waals surface area contributed by atoms with Crippen molar-refractivity contribution in [1.82, 2.24) is 15.0 Å². The van der Waals surface area contributed by atoms with Crippen molar-refractivity contribution in [3.8, 4) is 0 Å². The van der Waals surface area contributed by atoms with Gasteiger partial charge in [0.25, 0.3) is 0 Å². The molecular formula is C14H16N4. The predicted octanol–water partition coefficient (Wildman–Crippen LogP) is 2.52. The van der Waals surface area contributed by atoms with Crippen LogP contribution in [0.5, 0.6) is 0 Å². The second kappa shape index (κ2) is 4.72. The molecule has 0 aliphatic carbocycles. The van der Waals surface area contributed by atoms with Gasteiger partial charge in [-0.05, 0) is 38.0 Å². The van der Waals surface area contributed by atoms with E-state index in [2.05, 4.69) is 25.9 Å². The van der Waals surface area contributed by atoms with Crippen LogP contribution in [0.15, 0.2) is 36.7 Å². The number of pyridine rings is 1. The van der Waals surface area contributed by atoms with E-state index in [4.69, 9.17) is 0 Å². The smallest absolute Gasteiger partial charge is 0.132 e. The Bertz CT molecular complexity index is 526. The minimum atomic E-state index is 0.348. The predicted molar refractivity (Wildman–Crippen MR) is 70.3 cm³/mol. The van der Waals surface area contributed by atoms with Crippen molar-refractivity contribution < 1.29 is 0 Å². The lowest BCUT2D eigenvalue weighted by Crippen LogP contribution is -2.24. The number of hydrogen-bond donors (Lipinski definition) is 0. The Kier molecular flexibility index (Phi) is 2.92. The van der Waals surface area contributed by atoms with Crippen molar-refractivity contribution in [2.75, 3.05) is 11.4 Å². The minimum absolute atomic E-state index is 0.348. The molecule has 92 valence electrons. The Morgan fingerprint density at radius 2 is 2.11 bits per heavy atom. The SMILES string of the molecule is Cc1nccc(N2CCCC2c2ccccn2)n1. The molecule has 0 saturated carbocycles. The molecule has 3 heterocycles. The summed E-state index contributed by atoms with van der Waals surface area (Å²) in [5.74, 6) is 1.83. The Morgan fingerprint density at radius 1 is 1.17 bits per heavy atom. The van der Waals surface area contributed by atoms with Crippen LogP contribution in [0.1, 0.15) is 30.4 Å². The number of aromatic nitrogens is 3. The van der Waals surface area contributed by atoms with E-state index < -0.39 is 0 Å². The molecular weight excluding hydrogens is 224 g/mol. The van der Waals surface area contributed by atoms with Crippen molar-refractivity contribution in [1.29, 1.82) is 0 Å². The molecule has 18 heavy (non-hydrogen) atoms. The van der Waals surface area contributed by atoms with Gasteiger partial charge in [-0.1, -0.05) is 6.07 Å². The third-order valence-corrected chi connectivity index (χ3v) is 3.34. The molecule has 2 aromatic rings. The third-order valence-electron chi connectivity index (χ3n) is 3.34. The van der Waals surface area contributed by atoms with Crippen LogP contribution in [0.2, 0.25) is 0 Å². The van der Waals surface area contributed by atoms with Crippen LogP contribution in [0.3, 0.4) is 0 Å². The highest BCUT2D eigenvalue weighted by Gasteiger charge is 2.27. The zero-order valence-electron chi connectivity index (χ0n) is 10.5. The first-order chi connectivity index (χ1) is 8.84. The quantitative estimate of drug-likeness (QED) is 0.809. The number of rotatable bonds is 2. The van der Waals surface area contributed by atoms with E-state index in [0.717, 1.165) is 30.3 Å². The maximum absolute atomic E-state index is 4.52. The summed E-state index contributed by atoms with van der Waals surface area (Å²) < 4.78 is 0. The molecule has 1 fully saturated rings. The summed E-state index contributed by atoms with van der Waals surface area (Å²) in [6.45, 7) is 2.97. The molecule has 2 aromatic heterocycles. The second-order valence-electron chi connectivity index (χ2n) is 4.57. The number of anilines is 1. The van der Waals surface area contributed by atoms with Gasteiger partial charge < -0.3 is 4.90 Å². The molecule has 4 heteroatoms. The lowest BCUT2D eigenvalue weighted by Gasteiger charge is -2.25. The Hall–Kier alpha value is -1.97. The third kappa shape index (κ3) is 2.06. The van der Waals surface area contributed by atoms with Crippen LogP contribution in [-0.2, 0) is 0 Å². The van der Waals surface area contributed by atoms with Gasteiger partial charge >= 0.3 is 0 Å². The van der Waals surface area contributed by atoms with Gasteiger partial charge in [0.15, 0.2) is 0 Å². The zero-order valence-corrected chi connectivity index (χ0v) is 10.5. The Balaban J connectivity index is 1.92. The van der Waals surface area contributed by atoms with E-state index in [0.29, 0.717) is 6.04 Å². The summed E-state index contributed by atoms with van der Waals surface area (Å²) in [5, 5.41) is 0. The fourth-order valence-electron chi connectivity index (χ4n) is 2.53. The number of aryl methyl sites for hydroxylation is 1. The lowest BCUT2D eigenvalue weighted by molar-refractivity contribution is 0.686. The lowest BCUT2D eigenvalue weighted by atomic mass is 10.1. The average molecular weight is 240 g/mol. The highest BCUT2D eigenvalue weighted by atomic mass is 15.2. The zero-order chi connectivity index (χ0) is 12.4. The molecule has 1 atom stereocenters. The van der Waals surface area contributed by atoms with Crippen molar-refractivity contribution in [3.63, 3.8) is 0 Å². The highest BCUT2D eigenvalue weighted by molar-refractivity contribution is 5.42. The summed E-state index contributed by atoms with van der Waals surface area (Å²) in [4.78, 5) is 15.5. The molecule has 0 spiro atoms. The Labute approximate surface area is 107 Å². The van der Waals surface area contributed by atoms with Gasteiger partial charge in [-0.2, -0.15) is 0 Å². The molecule has 0 bridgehead atoms. The molecule has 3 rings (SSSR count). The molecule has 0 amide bonds. The van der Waals surface area contributed by atoms with Crippen LogP contribution >= 0.6 is 0 Å². The Morgan fingerprint density at radius 3 is 2.89 bits per heavy atom. The standard InChI is InChI=1S/C14H16N4/c1-11-15-9-7-14(17-11)18-10-4-6-13(18)12-5-2-3-8-16-12/h2-3,5,7-9,13H,4,6,10H2,1H3. The van der Waals surface area contributed by atoms with E-state index in [1.807, 2.05) is 37.5 Å². The maximum Gasteiger partial charge on any atom is 0.132 e. The number of hydrogen-bond acceptors (Lipinski definition) is 4. The summed E-state index contributed by atoms with van der Waals surface area (Å²) in [6, 6.07) is 8.42. The first-order valence-corrected chi connectivity index (χ1v) is 6.32. The molecule has 0 aromatic carbocycles. The first-order valence-electron chi connectivity index (χ1n) is 6.32. The van der Waals surface area contributed by atoms with E-state index in [9.17, 15) is 0 Å². The van der Waals surface area contributed by atoms with Gasteiger partial charge in [0.05, 0.1) is 11.7 Å². The van der Waals surface area contributed by atoms with Gasteiger partial charge in [0, 0.05) is 18.9 Å². The van der Waals surface area contributed by atoms with Crippen molar-refractivity contribution >= 4 is 5.82 Å². The molecule has 0 radical (unpaired) electrons. The molecule has 1 aliphatic heterocycles. The second-order valence-corrected chi connectivity index (χ2v) is 4.57. The van der Waals surface area contributed by atoms with Gasteiger partial charge in [-0.15, -0.1) is 0 Å². The monoisotopic (exact) mass is 240 g/mol. The van der Waals surface area contributed by atoms with Crippen LogP contribution in [0.25, 0.3) is 0 Å².